The number of aromatic nitrogens is 2. The highest BCUT2D eigenvalue weighted by molar-refractivity contribution is 6.06. The van der Waals surface area contributed by atoms with Crippen molar-refractivity contribution in [1.29, 1.82) is 0 Å². The third kappa shape index (κ3) is 3.28. The van der Waals surface area contributed by atoms with Gasteiger partial charge < -0.3 is 16.0 Å². The number of imidazole rings is 1. The molecule has 4 N–H and O–H groups in total. The van der Waals surface area contributed by atoms with Crippen molar-refractivity contribution in [3.8, 4) is 11.4 Å². The highest BCUT2D eigenvalue weighted by atomic mass is 16.2. The Hall–Kier alpha value is -3.93. The number of anilines is 1. The number of aromatic amines is 1. The summed E-state index contributed by atoms with van der Waals surface area (Å²) in [5.41, 5.74) is 8.97. The number of nitrogens with one attached hydrogen (secondary N) is 2. The second kappa shape index (κ2) is 6.76. The van der Waals surface area contributed by atoms with E-state index in [2.05, 4.69) is 15.3 Å². The molecule has 3 aromatic carbocycles. The summed E-state index contributed by atoms with van der Waals surface area (Å²) in [6, 6.07) is 21.6. The predicted molar refractivity (Wildman–Crippen MR) is 104 cm³/mol. The zero-order chi connectivity index (χ0) is 18.8. The first-order valence-corrected chi connectivity index (χ1v) is 8.37. The van der Waals surface area contributed by atoms with Crippen LogP contribution in [-0.4, -0.2) is 21.8 Å². The molecular formula is C21H16N4O2. The number of para-hydroxylation sites is 2. The molecule has 0 aliphatic heterocycles. The fraction of sp³-hybridized carbons (Fsp3) is 0. The molecule has 0 unspecified atom stereocenters. The lowest BCUT2D eigenvalue weighted by Gasteiger charge is -2.06. The maximum atomic E-state index is 12.5. The lowest BCUT2D eigenvalue weighted by molar-refractivity contribution is 0.0999. The highest BCUT2D eigenvalue weighted by Crippen LogP contribution is 2.24. The fourth-order valence-electron chi connectivity index (χ4n) is 2.90. The smallest absolute Gasteiger partial charge is 0.255 e. The molecular weight excluding hydrogens is 340 g/mol. The summed E-state index contributed by atoms with van der Waals surface area (Å²) in [7, 11) is 0. The Morgan fingerprint density at radius 1 is 0.926 bits per heavy atom. The molecule has 6 nitrogen and oxygen atoms in total. The molecule has 4 rings (SSSR count). The summed E-state index contributed by atoms with van der Waals surface area (Å²) in [6.07, 6.45) is 0. The van der Waals surface area contributed by atoms with E-state index in [1.165, 1.54) is 0 Å². The van der Waals surface area contributed by atoms with Crippen LogP contribution in [0.1, 0.15) is 20.7 Å². The number of carbonyl (C=O) groups is 2. The fourth-order valence-corrected chi connectivity index (χ4v) is 2.90. The van der Waals surface area contributed by atoms with Crippen molar-refractivity contribution >= 4 is 28.5 Å². The van der Waals surface area contributed by atoms with Crippen LogP contribution in [-0.2, 0) is 0 Å². The van der Waals surface area contributed by atoms with E-state index in [9.17, 15) is 9.59 Å². The summed E-state index contributed by atoms with van der Waals surface area (Å²) >= 11 is 0. The van der Waals surface area contributed by atoms with Crippen molar-refractivity contribution in [3.63, 3.8) is 0 Å². The van der Waals surface area contributed by atoms with E-state index in [0.717, 1.165) is 11.3 Å². The molecule has 4 aromatic rings. The van der Waals surface area contributed by atoms with Crippen molar-refractivity contribution in [3.05, 3.63) is 83.9 Å². The van der Waals surface area contributed by atoms with Crippen molar-refractivity contribution in [2.24, 2.45) is 5.73 Å². The van der Waals surface area contributed by atoms with Gasteiger partial charge in [0, 0.05) is 16.8 Å². The van der Waals surface area contributed by atoms with Gasteiger partial charge in [-0.05, 0) is 36.4 Å². The minimum atomic E-state index is -0.533. The molecule has 6 heteroatoms. The number of hydrogen-bond donors (Lipinski definition) is 3. The number of nitrogens with zero attached hydrogens (tertiary/aromatic N) is 1. The molecule has 0 aliphatic carbocycles. The van der Waals surface area contributed by atoms with Crippen molar-refractivity contribution in [2.45, 2.75) is 0 Å². The standard InChI is InChI=1S/C21H16N4O2/c22-19(26)16-10-5-11-17-18(16)25-20(24-17)13-6-4-7-14(12-13)21(27)23-15-8-2-1-3-9-15/h1-12H,(H2,22,26)(H,23,27)(H,24,25). The third-order valence-corrected chi connectivity index (χ3v) is 4.21. The first-order valence-electron chi connectivity index (χ1n) is 8.37. The minimum absolute atomic E-state index is 0.211. The van der Waals surface area contributed by atoms with E-state index in [4.69, 9.17) is 5.73 Å². The lowest BCUT2D eigenvalue weighted by Crippen LogP contribution is -2.11. The van der Waals surface area contributed by atoms with Crippen LogP contribution in [0.5, 0.6) is 0 Å². The van der Waals surface area contributed by atoms with Gasteiger partial charge in [0.1, 0.15) is 11.3 Å². The van der Waals surface area contributed by atoms with E-state index in [1.54, 1.807) is 30.3 Å². The molecule has 0 radical (unpaired) electrons. The molecule has 1 heterocycles. The quantitative estimate of drug-likeness (QED) is 0.521. The molecule has 0 spiro atoms. The van der Waals surface area contributed by atoms with Gasteiger partial charge in [-0.1, -0.05) is 36.4 Å². The predicted octanol–water partition coefficient (Wildman–Crippen LogP) is 3.58. The van der Waals surface area contributed by atoms with E-state index < -0.39 is 5.91 Å². The molecule has 0 saturated carbocycles. The van der Waals surface area contributed by atoms with Gasteiger partial charge in [-0.25, -0.2) is 4.98 Å². The second-order valence-corrected chi connectivity index (χ2v) is 6.05. The molecule has 132 valence electrons. The highest BCUT2D eigenvalue weighted by Gasteiger charge is 2.13. The van der Waals surface area contributed by atoms with Crippen LogP contribution in [0.2, 0.25) is 0 Å². The third-order valence-electron chi connectivity index (χ3n) is 4.21. The molecule has 0 fully saturated rings. The van der Waals surface area contributed by atoms with E-state index in [-0.39, 0.29) is 5.91 Å². The molecule has 2 amide bonds. The summed E-state index contributed by atoms with van der Waals surface area (Å²) < 4.78 is 0. The number of amides is 2. The number of H-pyrrole nitrogens is 1. The molecule has 0 saturated heterocycles. The minimum Gasteiger partial charge on any atom is -0.366 e. The van der Waals surface area contributed by atoms with Gasteiger partial charge in [0.15, 0.2) is 0 Å². The van der Waals surface area contributed by atoms with Gasteiger partial charge in [0.2, 0.25) is 0 Å². The summed E-state index contributed by atoms with van der Waals surface area (Å²) in [6.45, 7) is 0. The van der Waals surface area contributed by atoms with Crippen LogP contribution in [0.4, 0.5) is 5.69 Å². The number of fused-ring (bicyclic) bond motifs is 1. The van der Waals surface area contributed by atoms with Gasteiger partial charge in [-0.3, -0.25) is 9.59 Å². The van der Waals surface area contributed by atoms with Gasteiger partial charge >= 0.3 is 0 Å². The maximum absolute atomic E-state index is 12.5. The number of hydrogen-bond acceptors (Lipinski definition) is 3. The largest absolute Gasteiger partial charge is 0.366 e. The van der Waals surface area contributed by atoms with E-state index >= 15 is 0 Å². The molecule has 27 heavy (non-hydrogen) atoms. The summed E-state index contributed by atoms with van der Waals surface area (Å²) in [5, 5.41) is 2.86. The Labute approximate surface area is 155 Å². The normalized spacial score (nSPS) is 10.7. The average Bonchev–Trinajstić information content (AvgIpc) is 3.13. The van der Waals surface area contributed by atoms with E-state index in [0.29, 0.717) is 28.0 Å². The van der Waals surface area contributed by atoms with Gasteiger partial charge in [0.05, 0.1) is 11.1 Å². The molecule has 1 aromatic heterocycles. The van der Waals surface area contributed by atoms with E-state index in [1.807, 2.05) is 42.5 Å². The number of carbonyl (C=O) groups excluding carboxylic acids is 2. The molecule has 0 bridgehead atoms. The van der Waals surface area contributed by atoms with Crippen LogP contribution >= 0.6 is 0 Å². The zero-order valence-electron chi connectivity index (χ0n) is 14.3. The summed E-state index contributed by atoms with van der Waals surface area (Å²) in [4.78, 5) is 31.8. The first kappa shape index (κ1) is 16.5. The van der Waals surface area contributed by atoms with Crippen LogP contribution in [0.25, 0.3) is 22.4 Å². The maximum Gasteiger partial charge on any atom is 0.255 e. The Kier molecular flexibility index (Phi) is 4.14. The Balaban J connectivity index is 1.68. The molecule has 0 aliphatic rings. The average molecular weight is 356 g/mol. The number of primary amides is 1. The first-order chi connectivity index (χ1) is 13.1. The monoisotopic (exact) mass is 356 g/mol. The SMILES string of the molecule is NC(=O)c1cccc2[nH]c(-c3cccc(C(=O)Nc4ccccc4)c3)nc12. The van der Waals surface area contributed by atoms with Crippen LogP contribution in [0.15, 0.2) is 72.8 Å². The van der Waals surface area contributed by atoms with Gasteiger partial charge in [0.25, 0.3) is 11.8 Å². The Morgan fingerprint density at radius 3 is 2.48 bits per heavy atom. The molecule has 0 atom stereocenters. The van der Waals surface area contributed by atoms with Gasteiger partial charge in [-0.2, -0.15) is 0 Å². The Morgan fingerprint density at radius 2 is 1.70 bits per heavy atom. The zero-order valence-corrected chi connectivity index (χ0v) is 14.3. The van der Waals surface area contributed by atoms with Crippen LogP contribution < -0.4 is 11.1 Å². The summed E-state index contributed by atoms with van der Waals surface area (Å²) in [5.74, 6) is -0.181. The second-order valence-electron chi connectivity index (χ2n) is 6.05. The topological polar surface area (TPSA) is 101 Å². The number of nitrogens with two attached hydrogens (primary N) is 1. The lowest BCUT2D eigenvalue weighted by atomic mass is 10.1. The number of rotatable bonds is 4. The van der Waals surface area contributed by atoms with Crippen LogP contribution in [0.3, 0.4) is 0 Å². The van der Waals surface area contributed by atoms with Gasteiger partial charge in [-0.15, -0.1) is 0 Å². The van der Waals surface area contributed by atoms with Crippen molar-refractivity contribution in [2.75, 3.05) is 5.32 Å². The van der Waals surface area contributed by atoms with Crippen LogP contribution in [0, 0.1) is 0 Å². The number of benzene rings is 3. The van der Waals surface area contributed by atoms with Crippen molar-refractivity contribution < 1.29 is 9.59 Å². The van der Waals surface area contributed by atoms with Crippen molar-refractivity contribution in [1.82, 2.24) is 9.97 Å². The Bertz CT molecular complexity index is 1150.